The van der Waals surface area contributed by atoms with Gasteiger partial charge in [-0.15, -0.1) is 0 Å². The van der Waals surface area contributed by atoms with Gasteiger partial charge >= 0.3 is 0 Å². The molecule has 12 nitrogen and oxygen atoms in total. The van der Waals surface area contributed by atoms with Crippen LogP contribution in [0.3, 0.4) is 0 Å². The summed E-state index contributed by atoms with van der Waals surface area (Å²) in [6, 6.07) is 3.24. The first-order chi connectivity index (χ1) is 18.0. The summed E-state index contributed by atoms with van der Waals surface area (Å²) in [7, 11) is 8.84. The number of hydrogen-bond donors (Lipinski definition) is 2. The van der Waals surface area contributed by atoms with E-state index >= 15 is 0 Å². The van der Waals surface area contributed by atoms with Crippen LogP contribution in [0.2, 0.25) is 0 Å². The maximum Gasteiger partial charge on any atom is 0.252 e. The molecule has 8 unspecified atom stereocenters. The number of amides is 1. The second kappa shape index (κ2) is 7.94. The number of hydrogen-bond acceptors (Lipinski definition) is 11. The zero-order valence-corrected chi connectivity index (χ0v) is 22.7. The fourth-order valence-electron chi connectivity index (χ4n) is 8.39. The van der Waals surface area contributed by atoms with Crippen molar-refractivity contribution in [1.29, 1.82) is 0 Å². The molecule has 11 atom stereocenters. The smallest absolute Gasteiger partial charge is 0.252 e. The number of aliphatic hydroxyl groups excluding tert-OH is 1. The van der Waals surface area contributed by atoms with E-state index in [-0.39, 0.29) is 17.1 Å². The number of ether oxygens (including phenoxy) is 7. The van der Waals surface area contributed by atoms with Crippen molar-refractivity contribution in [2.75, 3.05) is 42.6 Å². The molecule has 1 aromatic carbocycles. The molecule has 5 aliphatic rings. The molecular weight excluding hydrogens is 502 g/mol. The van der Waals surface area contributed by atoms with Gasteiger partial charge in [0.05, 0.1) is 49.7 Å². The Bertz CT molecular complexity index is 1180. The lowest BCUT2D eigenvalue weighted by molar-refractivity contribution is -0.242. The fraction of sp³-hybridized carbons (Fsp3) is 0.731. The molecule has 1 spiro atoms. The number of methoxy groups -OCH3 is 4. The molecule has 12 heteroatoms. The van der Waals surface area contributed by atoms with E-state index < -0.39 is 70.7 Å². The average molecular weight is 538 g/mol. The van der Waals surface area contributed by atoms with Crippen molar-refractivity contribution < 1.29 is 53.0 Å². The lowest BCUT2D eigenvalue weighted by Gasteiger charge is -2.53. The van der Waals surface area contributed by atoms with E-state index in [1.54, 1.807) is 12.1 Å². The Hall–Kier alpha value is -2.19. The number of fused-ring (bicyclic) bond motifs is 8. The number of carbonyl (C=O) groups is 1. The van der Waals surface area contributed by atoms with Gasteiger partial charge in [0.1, 0.15) is 29.5 Å². The minimum atomic E-state index is -2.10. The van der Waals surface area contributed by atoms with Crippen molar-refractivity contribution in [3.8, 4) is 17.2 Å². The Kier molecular flexibility index (Phi) is 5.44. The van der Waals surface area contributed by atoms with Gasteiger partial charge in [-0.3, -0.25) is 9.63 Å². The van der Waals surface area contributed by atoms with Gasteiger partial charge in [-0.05, 0) is 0 Å². The van der Waals surface area contributed by atoms with Crippen LogP contribution >= 0.6 is 0 Å². The normalized spacial score (nSPS) is 47.3. The lowest BCUT2D eigenvalue weighted by atomic mass is 9.50. The molecule has 38 heavy (non-hydrogen) atoms. The van der Waals surface area contributed by atoms with Crippen molar-refractivity contribution >= 4 is 5.91 Å². The third-order valence-corrected chi connectivity index (χ3v) is 10.2. The second-order valence-electron chi connectivity index (χ2n) is 11.2. The zero-order valence-electron chi connectivity index (χ0n) is 22.7. The van der Waals surface area contributed by atoms with Crippen LogP contribution in [0.4, 0.5) is 0 Å². The van der Waals surface area contributed by atoms with Crippen molar-refractivity contribution in [2.45, 2.75) is 55.9 Å². The fourth-order valence-corrected chi connectivity index (χ4v) is 8.39. The monoisotopic (exact) mass is 537 g/mol. The first kappa shape index (κ1) is 26.1. The zero-order chi connectivity index (χ0) is 27.6. The van der Waals surface area contributed by atoms with Crippen LogP contribution in [0.25, 0.3) is 0 Å². The molecule has 210 valence electrons. The molecule has 1 aliphatic carbocycles. The average Bonchev–Trinajstić information content (AvgIpc) is 3.59. The van der Waals surface area contributed by atoms with Crippen LogP contribution in [-0.4, -0.2) is 100 Å². The van der Waals surface area contributed by atoms with E-state index in [2.05, 4.69) is 0 Å². The van der Waals surface area contributed by atoms with Gasteiger partial charge in [0.2, 0.25) is 0 Å². The van der Waals surface area contributed by atoms with E-state index in [9.17, 15) is 15.0 Å². The van der Waals surface area contributed by atoms with Gasteiger partial charge in [0, 0.05) is 39.3 Å². The number of benzene rings is 1. The molecule has 6 rings (SSSR count). The molecule has 1 amide bonds. The van der Waals surface area contributed by atoms with E-state index in [4.69, 9.17) is 38.0 Å². The molecule has 4 aliphatic heterocycles. The first-order valence-corrected chi connectivity index (χ1v) is 12.5. The van der Waals surface area contributed by atoms with Crippen LogP contribution < -0.4 is 14.2 Å². The minimum absolute atomic E-state index is 0.228. The number of rotatable bonds is 6. The second-order valence-corrected chi connectivity index (χ2v) is 11.2. The Morgan fingerprint density at radius 1 is 1.00 bits per heavy atom. The van der Waals surface area contributed by atoms with Gasteiger partial charge in [0.15, 0.2) is 23.8 Å². The molecule has 4 fully saturated rings. The SMILES string of the molecule is COc1cc(OC)c2c(c1)OC13C(C4OC1C1(C)C(OC)OC(OC)C41C)[C@@H](C(=O)N(C)OC)[C@@H](O)[C@@]23O. The Labute approximate surface area is 220 Å². The quantitative estimate of drug-likeness (QED) is 0.489. The van der Waals surface area contributed by atoms with E-state index in [1.165, 1.54) is 42.6 Å². The van der Waals surface area contributed by atoms with E-state index in [0.29, 0.717) is 5.75 Å². The van der Waals surface area contributed by atoms with E-state index in [0.717, 1.165) is 5.06 Å². The van der Waals surface area contributed by atoms with Gasteiger partial charge < -0.3 is 43.4 Å². The highest BCUT2D eigenvalue weighted by Crippen LogP contribution is 2.80. The summed E-state index contributed by atoms with van der Waals surface area (Å²) in [5, 5.41) is 25.8. The Morgan fingerprint density at radius 2 is 1.66 bits per heavy atom. The third kappa shape index (κ3) is 2.41. The van der Waals surface area contributed by atoms with Gasteiger partial charge in [-0.2, -0.15) is 0 Å². The third-order valence-electron chi connectivity index (χ3n) is 10.2. The highest BCUT2D eigenvalue weighted by molar-refractivity contribution is 5.81. The van der Waals surface area contributed by atoms with Crippen LogP contribution in [0.5, 0.6) is 17.2 Å². The summed E-state index contributed by atoms with van der Waals surface area (Å²) in [6.07, 6.45) is -4.74. The number of aliphatic hydroxyl groups is 2. The Morgan fingerprint density at radius 3 is 2.24 bits per heavy atom. The summed E-state index contributed by atoms with van der Waals surface area (Å²) in [6.45, 7) is 3.91. The largest absolute Gasteiger partial charge is 0.496 e. The molecule has 1 aromatic rings. The maximum atomic E-state index is 13.8. The van der Waals surface area contributed by atoms with Crippen molar-refractivity contribution in [2.24, 2.45) is 22.7 Å². The van der Waals surface area contributed by atoms with Crippen LogP contribution in [0.15, 0.2) is 12.1 Å². The summed E-state index contributed by atoms with van der Waals surface area (Å²) < 4.78 is 42.4. The standard InChI is InChI=1S/C26H35NO11/c1-23-18-16-14(19(29)27(3)35-8)17(28)25(30)15-12(32-5)9-11(31-4)10-13(15)38-26(16,25)20(36-18)24(23,2)22(34-7)37-21(23)33-6/h9-10,14,16-18,20-22,28,30H,1-8H3/t14-,16?,17-,18?,20?,21?,22?,23?,24?,25+,26?/m1/s1. The molecule has 2 N–H and O–H groups in total. The first-order valence-electron chi connectivity index (χ1n) is 12.5. The maximum absolute atomic E-state index is 13.8. The summed E-state index contributed by atoms with van der Waals surface area (Å²) in [4.78, 5) is 19.0. The number of carbonyl (C=O) groups excluding carboxylic acids is 1. The molecule has 4 heterocycles. The summed E-state index contributed by atoms with van der Waals surface area (Å²) in [5.74, 6) is -1.53. The topological polar surface area (TPSA) is 135 Å². The lowest BCUT2D eigenvalue weighted by Crippen LogP contribution is -2.70. The van der Waals surface area contributed by atoms with E-state index in [1.807, 2.05) is 13.8 Å². The van der Waals surface area contributed by atoms with Gasteiger partial charge in [-0.1, -0.05) is 13.8 Å². The Balaban J connectivity index is 1.64. The highest BCUT2D eigenvalue weighted by atomic mass is 16.8. The highest BCUT2D eigenvalue weighted by Gasteiger charge is 2.94. The minimum Gasteiger partial charge on any atom is -0.496 e. The predicted octanol–water partition coefficient (Wildman–Crippen LogP) is 0.418. The molecule has 0 radical (unpaired) electrons. The van der Waals surface area contributed by atoms with Crippen molar-refractivity contribution in [3.63, 3.8) is 0 Å². The summed E-state index contributed by atoms with van der Waals surface area (Å²) in [5.41, 5.74) is -5.23. The summed E-state index contributed by atoms with van der Waals surface area (Å²) >= 11 is 0. The van der Waals surface area contributed by atoms with Crippen molar-refractivity contribution in [3.05, 3.63) is 17.7 Å². The van der Waals surface area contributed by atoms with Gasteiger partial charge in [-0.25, -0.2) is 5.06 Å². The molecule has 3 saturated heterocycles. The molecule has 1 saturated carbocycles. The number of nitrogens with zero attached hydrogens (tertiary/aromatic N) is 1. The molecule has 0 aromatic heterocycles. The van der Waals surface area contributed by atoms with Crippen LogP contribution in [0, 0.1) is 22.7 Å². The molecule has 2 bridgehead atoms. The van der Waals surface area contributed by atoms with Crippen LogP contribution in [-0.2, 0) is 34.2 Å². The van der Waals surface area contributed by atoms with Crippen LogP contribution in [0.1, 0.15) is 19.4 Å². The molecular formula is C26H35NO11. The van der Waals surface area contributed by atoms with Gasteiger partial charge in [0.25, 0.3) is 5.91 Å². The number of hydroxylamine groups is 2. The predicted molar refractivity (Wildman–Crippen MR) is 127 cm³/mol. The van der Waals surface area contributed by atoms with Crippen molar-refractivity contribution in [1.82, 2.24) is 5.06 Å².